The SMILES string of the molecule is O=C(Nc1ccc(Oc2cccnc2)cc1)[C@@H]1CCCCN1Cc1cccc(F)c1F. The van der Waals surface area contributed by atoms with E-state index < -0.39 is 17.7 Å². The Morgan fingerprint density at radius 3 is 2.68 bits per heavy atom. The largest absolute Gasteiger partial charge is 0.456 e. The summed E-state index contributed by atoms with van der Waals surface area (Å²) in [5.74, 6) is -0.619. The van der Waals surface area contributed by atoms with Crippen LogP contribution in [0.4, 0.5) is 14.5 Å². The summed E-state index contributed by atoms with van der Waals surface area (Å²) in [7, 11) is 0. The number of hydrogen-bond acceptors (Lipinski definition) is 4. The minimum atomic E-state index is -0.871. The molecule has 1 amide bonds. The third kappa shape index (κ3) is 5.24. The van der Waals surface area contributed by atoms with Crippen LogP contribution in [-0.4, -0.2) is 28.4 Å². The topological polar surface area (TPSA) is 54.5 Å². The Morgan fingerprint density at radius 2 is 1.90 bits per heavy atom. The van der Waals surface area contributed by atoms with Gasteiger partial charge in [-0.2, -0.15) is 0 Å². The maximum Gasteiger partial charge on any atom is 0.241 e. The number of halogens is 2. The third-order valence-electron chi connectivity index (χ3n) is 5.31. The zero-order valence-electron chi connectivity index (χ0n) is 16.9. The molecule has 4 rings (SSSR count). The number of piperidine rings is 1. The summed E-state index contributed by atoms with van der Waals surface area (Å²) in [6.07, 6.45) is 5.79. The number of rotatable bonds is 6. The van der Waals surface area contributed by atoms with Crippen molar-refractivity contribution in [3.05, 3.63) is 84.2 Å². The molecule has 1 atom stereocenters. The molecule has 2 aromatic carbocycles. The second kappa shape index (κ2) is 9.66. The lowest BCUT2D eigenvalue weighted by atomic mass is 10.00. The van der Waals surface area contributed by atoms with Gasteiger partial charge in [0.05, 0.1) is 12.2 Å². The number of aromatic nitrogens is 1. The van der Waals surface area contributed by atoms with E-state index in [1.807, 2.05) is 11.0 Å². The van der Waals surface area contributed by atoms with Gasteiger partial charge in [0.15, 0.2) is 11.6 Å². The van der Waals surface area contributed by atoms with Crippen LogP contribution < -0.4 is 10.1 Å². The molecule has 31 heavy (non-hydrogen) atoms. The third-order valence-corrected chi connectivity index (χ3v) is 5.31. The van der Waals surface area contributed by atoms with Crippen molar-refractivity contribution in [2.45, 2.75) is 31.8 Å². The standard InChI is InChI=1S/C24H23F2N3O2/c25-21-7-3-5-17(23(21)26)16-29-14-2-1-8-22(29)24(30)28-18-9-11-19(12-10-18)31-20-6-4-13-27-15-20/h3-7,9-13,15,22H,1-2,8,14,16H2,(H,28,30)/t22-/m0/s1. The zero-order chi connectivity index (χ0) is 21.6. The fourth-order valence-corrected chi connectivity index (χ4v) is 3.74. The average Bonchev–Trinajstić information content (AvgIpc) is 2.79. The lowest BCUT2D eigenvalue weighted by Gasteiger charge is -2.34. The number of pyridine rings is 1. The van der Waals surface area contributed by atoms with Gasteiger partial charge >= 0.3 is 0 Å². The first-order chi connectivity index (χ1) is 15.1. The second-order valence-electron chi connectivity index (χ2n) is 7.50. The molecule has 1 saturated heterocycles. The number of hydrogen-bond donors (Lipinski definition) is 1. The average molecular weight is 423 g/mol. The van der Waals surface area contributed by atoms with E-state index in [4.69, 9.17) is 4.74 Å². The molecule has 1 N–H and O–H groups in total. The van der Waals surface area contributed by atoms with Gasteiger partial charge in [0.1, 0.15) is 11.5 Å². The molecular formula is C24H23F2N3O2. The smallest absolute Gasteiger partial charge is 0.241 e. The number of nitrogens with one attached hydrogen (secondary N) is 1. The first kappa shape index (κ1) is 20.9. The van der Waals surface area contributed by atoms with Crippen LogP contribution in [0.25, 0.3) is 0 Å². The van der Waals surface area contributed by atoms with Gasteiger partial charge in [-0.15, -0.1) is 0 Å². The molecule has 0 saturated carbocycles. The summed E-state index contributed by atoms with van der Waals surface area (Å²) in [6, 6.07) is 14.4. The van der Waals surface area contributed by atoms with Gasteiger partial charge in [-0.05, 0) is 61.9 Å². The Morgan fingerprint density at radius 1 is 1.06 bits per heavy atom. The molecule has 5 nitrogen and oxygen atoms in total. The van der Waals surface area contributed by atoms with Crippen LogP contribution in [0.2, 0.25) is 0 Å². The quantitative estimate of drug-likeness (QED) is 0.596. The lowest BCUT2D eigenvalue weighted by molar-refractivity contribution is -0.122. The fourth-order valence-electron chi connectivity index (χ4n) is 3.74. The summed E-state index contributed by atoms with van der Waals surface area (Å²) in [5.41, 5.74) is 0.905. The van der Waals surface area contributed by atoms with Gasteiger partial charge in [-0.25, -0.2) is 8.78 Å². The summed E-state index contributed by atoms with van der Waals surface area (Å²) in [6.45, 7) is 0.853. The molecule has 1 aromatic heterocycles. The highest BCUT2D eigenvalue weighted by molar-refractivity contribution is 5.94. The Bertz CT molecular complexity index is 1030. The van der Waals surface area contributed by atoms with E-state index in [0.29, 0.717) is 30.2 Å². The first-order valence-electron chi connectivity index (χ1n) is 10.3. The van der Waals surface area contributed by atoms with Gasteiger partial charge in [-0.3, -0.25) is 14.7 Å². The van der Waals surface area contributed by atoms with E-state index in [1.54, 1.807) is 48.8 Å². The predicted octanol–water partition coefficient (Wildman–Crippen LogP) is 5.15. The van der Waals surface area contributed by atoms with Crippen LogP contribution in [0, 0.1) is 11.6 Å². The first-order valence-corrected chi connectivity index (χ1v) is 10.3. The summed E-state index contributed by atoms with van der Waals surface area (Å²) < 4.78 is 33.4. The van der Waals surface area contributed by atoms with Crippen molar-refractivity contribution in [3.63, 3.8) is 0 Å². The number of carbonyl (C=O) groups excluding carboxylic acids is 1. The number of ether oxygens (including phenoxy) is 1. The summed E-state index contributed by atoms with van der Waals surface area (Å²) in [5, 5.41) is 2.93. The Balaban J connectivity index is 1.40. The zero-order valence-corrected chi connectivity index (χ0v) is 16.9. The van der Waals surface area contributed by atoms with E-state index in [9.17, 15) is 13.6 Å². The second-order valence-corrected chi connectivity index (χ2v) is 7.50. The van der Waals surface area contributed by atoms with Crippen molar-refractivity contribution in [1.82, 2.24) is 9.88 Å². The van der Waals surface area contributed by atoms with Crippen LogP contribution in [0.5, 0.6) is 11.5 Å². The van der Waals surface area contributed by atoms with Crippen molar-refractivity contribution in [1.29, 1.82) is 0 Å². The summed E-state index contributed by atoms with van der Waals surface area (Å²) >= 11 is 0. The molecular weight excluding hydrogens is 400 g/mol. The van der Waals surface area contributed by atoms with Crippen molar-refractivity contribution < 1.29 is 18.3 Å². The minimum absolute atomic E-state index is 0.155. The van der Waals surface area contributed by atoms with Crippen molar-refractivity contribution in [3.8, 4) is 11.5 Å². The van der Waals surface area contributed by atoms with Crippen molar-refractivity contribution >= 4 is 11.6 Å². The highest BCUT2D eigenvalue weighted by atomic mass is 19.2. The van der Waals surface area contributed by atoms with Crippen LogP contribution >= 0.6 is 0 Å². The number of carbonyl (C=O) groups is 1. The number of anilines is 1. The van der Waals surface area contributed by atoms with Gasteiger partial charge in [0, 0.05) is 24.0 Å². The Labute approximate surface area is 179 Å². The number of benzene rings is 2. The van der Waals surface area contributed by atoms with E-state index >= 15 is 0 Å². The number of nitrogens with zero attached hydrogens (tertiary/aromatic N) is 2. The lowest BCUT2D eigenvalue weighted by Crippen LogP contribution is -2.46. The molecule has 2 heterocycles. The number of amides is 1. The van der Waals surface area contributed by atoms with Crippen LogP contribution in [0.15, 0.2) is 67.0 Å². The maximum atomic E-state index is 14.1. The fraction of sp³-hybridized carbons (Fsp3) is 0.250. The summed E-state index contributed by atoms with van der Waals surface area (Å²) in [4.78, 5) is 18.9. The van der Waals surface area contributed by atoms with E-state index in [2.05, 4.69) is 10.3 Å². The van der Waals surface area contributed by atoms with Crippen LogP contribution in [0.3, 0.4) is 0 Å². The molecule has 0 unspecified atom stereocenters. The van der Waals surface area contributed by atoms with Crippen molar-refractivity contribution in [2.75, 3.05) is 11.9 Å². The van der Waals surface area contributed by atoms with Crippen LogP contribution in [-0.2, 0) is 11.3 Å². The maximum absolute atomic E-state index is 14.1. The molecule has 0 spiro atoms. The monoisotopic (exact) mass is 423 g/mol. The highest BCUT2D eigenvalue weighted by Crippen LogP contribution is 2.25. The molecule has 0 bridgehead atoms. The Kier molecular flexibility index (Phi) is 6.52. The van der Waals surface area contributed by atoms with Gasteiger partial charge in [0.2, 0.25) is 5.91 Å². The number of likely N-dealkylation sites (tertiary alicyclic amines) is 1. The van der Waals surface area contributed by atoms with Crippen molar-refractivity contribution in [2.24, 2.45) is 0 Å². The molecule has 0 aliphatic carbocycles. The molecule has 7 heteroatoms. The molecule has 1 aliphatic rings. The molecule has 160 valence electrons. The van der Waals surface area contributed by atoms with E-state index in [-0.39, 0.29) is 18.0 Å². The van der Waals surface area contributed by atoms with Crippen LogP contribution in [0.1, 0.15) is 24.8 Å². The predicted molar refractivity (Wildman–Crippen MR) is 114 cm³/mol. The molecule has 3 aromatic rings. The Hall–Kier alpha value is -3.32. The highest BCUT2D eigenvalue weighted by Gasteiger charge is 2.29. The van der Waals surface area contributed by atoms with E-state index in [0.717, 1.165) is 18.9 Å². The molecule has 0 radical (unpaired) electrons. The van der Waals surface area contributed by atoms with Gasteiger partial charge in [-0.1, -0.05) is 18.6 Å². The normalized spacial score (nSPS) is 16.6. The molecule has 1 aliphatic heterocycles. The van der Waals surface area contributed by atoms with Gasteiger partial charge < -0.3 is 10.1 Å². The van der Waals surface area contributed by atoms with Gasteiger partial charge in [0.25, 0.3) is 0 Å². The minimum Gasteiger partial charge on any atom is -0.456 e. The van der Waals surface area contributed by atoms with E-state index in [1.165, 1.54) is 6.07 Å². The molecule has 1 fully saturated rings.